The maximum Gasteiger partial charge on any atom is 0.265 e. The fraction of sp³-hybridized carbons (Fsp3) is 0.0769. The number of aliphatic hydroxyl groups is 1. The molecule has 0 aliphatic carbocycles. The van der Waals surface area contributed by atoms with Gasteiger partial charge in [0.05, 0.1) is 17.3 Å². The molecule has 0 heterocycles. The first-order valence-electron chi connectivity index (χ1n) is 5.84. The molecule has 118 valence electrons. The zero-order valence-corrected chi connectivity index (χ0v) is 13.9. The summed E-state index contributed by atoms with van der Waals surface area (Å²) in [5.74, 6) is -0.613. The predicted molar refractivity (Wildman–Crippen MR) is 86.3 cm³/mol. The zero-order valence-electron chi connectivity index (χ0n) is 10.8. The molecule has 0 radical (unpaired) electrons. The lowest BCUT2D eigenvalue weighted by Gasteiger charge is -2.13. The topological polar surface area (TPSA) is 86.6 Å². The lowest BCUT2D eigenvalue weighted by molar-refractivity contribution is 0.282. The summed E-state index contributed by atoms with van der Waals surface area (Å²) in [6.07, 6.45) is 0. The lowest BCUT2D eigenvalue weighted by Crippen LogP contribution is -2.14. The minimum Gasteiger partial charge on any atom is -0.505 e. The van der Waals surface area contributed by atoms with E-state index >= 15 is 0 Å². The van der Waals surface area contributed by atoms with Crippen LogP contribution in [-0.2, 0) is 16.6 Å². The summed E-state index contributed by atoms with van der Waals surface area (Å²) in [6.45, 7) is -0.416. The average molecular weight is 383 g/mol. The summed E-state index contributed by atoms with van der Waals surface area (Å²) in [5.41, 5.74) is 0.408. The predicted octanol–water partition coefficient (Wildman–Crippen LogP) is 3.65. The van der Waals surface area contributed by atoms with Gasteiger partial charge in [-0.3, -0.25) is 4.72 Å². The van der Waals surface area contributed by atoms with Gasteiger partial charge >= 0.3 is 0 Å². The summed E-state index contributed by atoms with van der Waals surface area (Å²) in [4.78, 5) is -0.469. The van der Waals surface area contributed by atoms with Gasteiger partial charge in [0.25, 0.3) is 10.0 Å². The number of phenols is 1. The molecule has 0 aliphatic heterocycles. The minimum atomic E-state index is -4.16. The molecule has 0 amide bonds. The number of aromatic hydroxyl groups is 1. The van der Waals surface area contributed by atoms with E-state index in [0.29, 0.717) is 5.02 Å². The summed E-state index contributed by atoms with van der Waals surface area (Å²) < 4.78 is 27.0. The van der Waals surface area contributed by atoms with Crippen molar-refractivity contribution in [3.05, 3.63) is 51.0 Å². The van der Waals surface area contributed by atoms with Gasteiger partial charge < -0.3 is 10.2 Å². The molecule has 9 heteroatoms. The molecule has 0 spiro atoms. The van der Waals surface area contributed by atoms with Crippen LogP contribution in [0.1, 0.15) is 5.56 Å². The van der Waals surface area contributed by atoms with Crippen LogP contribution in [0.4, 0.5) is 5.69 Å². The maximum atomic E-state index is 12.4. The molecular weight excluding hydrogens is 373 g/mol. The molecule has 0 saturated heterocycles. The van der Waals surface area contributed by atoms with Gasteiger partial charge in [-0.25, -0.2) is 8.42 Å². The van der Waals surface area contributed by atoms with Gasteiger partial charge in [0, 0.05) is 15.6 Å². The van der Waals surface area contributed by atoms with Gasteiger partial charge in [0.15, 0.2) is 5.75 Å². The second-order valence-corrected chi connectivity index (χ2v) is 7.23. The SMILES string of the molecule is O=S(=O)(Nc1ccc(Cl)cc1CO)c1cc(Cl)cc(Cl)c1O. The molecule has 2 aromatic carbocycles. The Morgan fingerprint density at radius 1 is 1.05 bits per heavy atom. The van der Waals surface area contributed by atoms with Crippen LogP contribution in [-0.4, -0.2) is 18.6 Å². The van der Waals surface area contributed by atoms with Crippen LogP contribution in [0.5, 0.6) is 5.75 Å². The standard InChI is InChI=1S/C13H10Cl3NO4S/c14-8-1-2-11(7(3-8)6-18)17-22(20,21)12-5-9(15)4-10(16)13(12)19/h1-5,17-19H,6H2. The highest BCUT2D eigenvalue weighted by Crippen LogP contribution is 2.35. The minimum absolute atomic E-state index is 0.0571. The van der Waals surface area contributed by atoms with E-state index in [9.17, 15) is 18.6 Å². The van der Waals surface area contributed by atoms with Crippen LogP contribution in [0.25, 0.3) is 0 Å². The van der Waals surface area contributed by atoms with Gasteiger partial charge in [0.2, 0.25) is 0 Å². The zero-order chi connectivity index (χ0) is 16.5. The number of hydrogen-bond acceptors (Lipinski definition) is 4. The molecule has 2 rings (SSSR count). The van der Waals surface area contributed by atoms with Gasteiger partial charge in [0.1, 0.15) is 4.90 Å². The summed E-state index contributed by atoms with van der Waals surface area (Å²) in [7, 11) is -4.16. The Labute approximate surface area is 142 Å². The van der Waals surface area contributed by atoms with E-state index in [2.05, 4.69) is 4.72 Å². The number of sulfonamides is 1. The van der Waals surface area contributed by atoms with Crippen LogP contribution < -0.4 is 4.72 Å². The molecule has 0 fully saturated rings. The second-order valence-electron chi connectivity index (χ2n) is 4.30. The summed E-state index contributed by atoms with van der Waals surface area (Å²) >= 11 is 17.3. The number of anilines is 1. The fourth-order valence-electron chi connectivity index (χ4n) is 1.74. The molecule has 0 aromatic heterocycles. The van der Waals surface area contributed by atoms with Crippen molar-refractivity contribution in [2.45, 2.75) is 11.5 Å². The van der Waals surface area contributed by atoms with Crippen molar-refractivity contribution < 1.29 is 18.6 Å². The van der Waals surface area contributed by atoms with Crippen molar-refractivity contribution in [2.24, 2.45) is 0 Å². The monoisotopic (exact) mass is 381 g/mol. The molecule has 5 nitrogen and oxygen atoms in total. The highest BCUT2D eigenvalue weighted by molar-refractivity contribution is 7.92. The molecule has 0 saturated carbocycles. The van der Waals surface area contributed by atoms with Crippen molar-refractivity contribution in [1.29, 1.82) is 0 Å². The van der Waals surface area contributed by atoms with E-state index in [1.54, 1.807) is 0 Å². The average Bonchev–Trinajstić information content (AvgIpc) is 2.44. The number of phenolic OH excluding ortho intramolecular Hbond substituents is 1. The number of rotatable bonds is 4. The number of hydrogen-bond donors (Lipinski definition) is 3. The van der Waals surface area contributed by atoms with Gasteiger partial charge in [-0.2, -0.15) is 0 Å². The largest absolute Gasteiger partial charge is 0.505 e. The number of halogens is 3. The Morgan fingerprint density at radius 2 is 1.73 bits per heavy atom. The van der Waals surface area contributed by atoms with E-state index in [0.717, 1.165) is 6.07 Å². The molecule has 0 bridgehead atoms. The first-order chi connectivity index (χ1) is 10.2. The van der Waals surface area contributed by atoms with Crippen LogP contribution in [0.2, 0.25) is 15.1 Å². The van der Waals surface area contributed by atoms with Crippen LogP contribution >= 0.6 is 34.8 Å². The van der Waals surface area contributed by atoms with Crippen LogP contribution in [0.3, 0.4) is 0 Å². The van der Waals surface area contributed by atoms with E-state index in [4.69, 9.17) is 34.8 Å². The Kier molecular flexibility index (Phi) is 5.09. The van der Waals surface area contributed by atoms with E-state index in [1.165, 1.54) is 24.3 Å². The van der Waals surface area contributed by atoms with Crippen molar-refractivity contribution in [2.75, 3.05) is 4.72 Å². The summed E-state index contributed by atoms with van der Waals surface area (Å²) in [5, 5.41) is 19.3. The van der Waals surface area contributed by atoms with Crippen molar-refractivity contribution in [3.8, 4) is 5.75 Å². The quantitative estimate of drug-likeness (QED) is 0.753. The van der Waals surface area contributed by atoms with Gasteiger partial charge in [-0.15, -0.1) is 0 Å². The number of aliphatic hydroxyl groups excluding tert-OH is 1. The Balaban J connectivity index is 2.49. The Hall–Kier alpha value is -1.18. The normalized spacial score (nSPS) is 11.5. The second kappa shape index (κ2) is 6.52. The van der Waals surface area contributed by atoms with E-state index in [-0.39, 0.29) is 21.3 Å². The van der Waals surface area contributed by atoms with Crippen molar-refractivity contribution in [1.82, 2.24) is 0 Å². The number of benzene rings is 2. The maximum absolute atomic E-state index is 12.4. The molecular formula is C13H10Cl3NO4S. The van der Waals surface area contributed by atoms with Crippen molar-refractivity contribution >= 4 is 50.5 Å². The molecule has 0 unspecified atom stereocenters. The molecule has 0 aliphatic rings. The fourth-order valence-corrected chi connectivity index (χ4v) is 3.79. The Bertz CT molecular complexity index is 824. The van der Waals surface area contributed by atoms with Gasteiger partial charge in [-0.1, -0.05) is 34.8 Å². The summed E-state index contributed by atoms with van der Waals surface area (Å²) in [6, 6.07) is 6.57. The van der Waals surface area contributed by atoms with E-state index in [1.807, 2.05) is 0 Å². The van der Waals surface area contributed by atoms with Crippen molar-refractivity contribution in [3.63, 3.8) is 0 Å². The molecule has 0 atom stereocenters. The lowest BCUT2D eigenvalue weighted by atomic mass is 10.2. The Morgan fingerprint density at radius 3 is 2.36 bits per heavy atom. The molecule has 2 aromatic rings. The molecule has 3 N–H and O–H groups in total. The first-order valence-corrected chi connectivity index (χ1v) is 8.46. The number of nitrogens with one attached hydrogen (secondary N) is 1. The highest BCUT2D eigenvalue weighted by Gasteiger charge is 2.22. The highest BCUT2D eigenvalue weighted by atomic mass is 35.5. The smallest absolute Gasteiger partial charge is 0.265 e. The third-order valence-corrected chi connectivity index (χ3v) is 4.88. The van der Waals surface area contributed by atoms with Crippen LogP contribution in [0, 0.1) is 0 Å². The molecule has 22 heavy (non-hydrogen) atoms. The third kappa shape index (κ3) is 3.59. The third-order valence-electron chi connectivity index (χ3n) is 2.76. The first kappa shape index (κ1) is 17.2. The van der Waals surface area contributed by atoms with E-state index < -0.39 is 27.3 Å². The van der Waals surface area contributed by atoms with Crippen LogP contribution in [0.15, 0.2) is 35.2 Å². The van der Waals surface area contributed by atoms with Gasteiger partial charge in [-0.05, 0) is 30.3 Å².